The highest BCUT2D eigenvalue weighted by Gasteiger charge is 2.46. The molecule has 4 heteroatoms. The molecule has 0 saturated carbocycles. The van der Waals surface area contributed by atoms with Gasteiger partial charge < -0.3 is 15.2 Å². The maximum atomic E-state index is 11.7. The molecule has 1 aliphatic heterocycles. The lowest BCUT2D eigenvalue weighted by Gasteiger charge is -2.48. The number of carbonyl (C=O) groups is 1. The minimum atomic E-state index is -0.176. The van der Waals surface area contributed by atoms with Gasteiger partial charge in [0, 0.05) is 18.1 Å². The number of carbonyl (C=O) groups excluding carboxylic acids is 1. The normalized spacial score (nSPS) is 34.1. The fourth-order valence-electron chi connectivity index (χ4n) is 3.00. The summed E-state index contributed by atoms with van der Waals surface area (Å²) in [4.78, 5) is 11.7. The van der Waals surface area contributed by atoms with Gasteiger partial charge in [-0.2, -0.15) is 0 Å². The van der Waals surface area contributed by atoms with Crippen LogP contribution in [0.1, 0.15) is 52.9 Å². The zero-order valence-electron chi connectivity index (χ0n) is 12.1. The molecule has 3 unspecified atom stereocenters. The minimum absolute atomic E-state index is 0.0198. The molecule has 0 aromatic heterocycles. The average molecular weight is 257 g/mol. The van der Waals surface area contributed by atoms with Gasteiger partial charge in [0.05, 0.1) is 19.1 Å². The molecule has 1 rings (SSSR count). The first-order valence-corrected chi connectivity index (χ1v) is 6.88. The van der Waals surface area contributed by atoms with Crippen LogP contribution in [0.15, 0.2) is 0 Å². The third-order valence-electron chi connectivity index (χ3n) is 4.47. The standard InChI is InChI=1S/C14H27NO3/c1-5-11(15)14(9-12(16)17-4)7-8-18-13(3,6-2)10-14/h11H,5-10,15H2,1-4H3. The van der Waals surface area contributed by atoms with Gasteiger partial charge in [-0.25, -0.2) is 0 Å². The lowest BCUT2D eigenvalue weighted by molar-refractivity contribution is -0.155. The zero-order valence-corrected chi connectivity index (χ0v) is 12.1. The van der Waals surface area contributed by atoms with Crippen LogP contribution in [-0.4, -0.2) is 31.3 Å². The smallest absolute Gasteiger partial charge is 0.306 e. The second-order valence-corrected chi connectivity index (χ2v) is 5.71. The fraction of sp³-hybridized carbons (Fsp3) is 0.929. The molecule has 0 radical (unpaired) electrons. The van der Waals surface area contributed by atoms with Crippen LogP contribution in [-0.2, 0) is 14.3 Å². The molecule has 1 heterocycles. The Kier molecular flexibility index (Phi) is 5.17. The molecule has 2 N–H and O–H groups in total. The van der Waals surface area contributed by atoms with Crippen molar-refractivity contribution in [3.63, 3.8) is 0 Å². The molecule has 1 saturated heterocycles. The second kappa shape index (κ2) is 6.02. The Morgan fingerprint density at radius 1 is 1.50 bits per heavy atom. The first-order chi connectivity index (χ1) is 8.41. The van der Waals surface area contributed by atoms with Gasteiger partial charge >= 0.3 is 5.97 Å². The van der Waals surface area contributed by atoms with E-state index in [4.69, 9.17) is 15.2 Å². The maximum Gasteiger partial charge on any atom is 0.306 e. The van der Waals surface area contributed by atoms with Gasteiger partial charge in [-0.3, -0.25) is 4.79 Å². The Hall–Kier alpha value is -0.610. The van der Waals surface area contributed by atoms with Crippen molar-refractivity contribution in [2.24, 2.45) is 11.1 Å². The fourth-order valence-corrected chi connectivity index (χ4v) is 3.00. The summed E-state index contributed by atoms with van der Waals surface area (Å²) in [6.07, 6.45) is 3.88. The molecule has 18 heavy (non-hydrogen) atoms. The van der Waals surface area contributed by atoms with E-state index in [9.17, 15) is 4.79 Å². The van der Waals surface area contributed by atoms with Gasteiger partial charge in [0.15, 0.2) is 0 Å². The van der Waals surface area contributed by atoms with Crippen LogP contribution in [0.2, 0.25) is 0 Å². The summed E-state index contributed by atoms with van der Waals surface area (Å²) in [6, 6.07) is 0.0198. The van der Waals surface area contributed by atoms with Crippen molar-refractivity contribution in [3.8, 4) is 0 Å². The lowest BCUT2D eigenvalue weighted by Crippen LogP contribution is -2.52. The maximum absolute atomic E-state index is 11.7. The van der Waals surface area contributed by atoms with E-state index in [1.54, 1.807) is 0 Å². The van der Waals surface area contributed by atoms with E-state index in [-0.39, 0.29) is 23.0 Å². The SMILES string of the molecule is CCC(N)C1(CC(=O)OC)CCOC(C)(CC)C1. The molecule has 0 aromatic rings. The van der Waals surface area contributed by atoms with Crippen molar-refractivity contribution in [1.29, 1.82) is 0 Å². The van der Waals surface area contributed by atoms with Gasteiger partial charge in [-0.15, -0.1) is 0 Å². The average Bonchev–Trinajstić information content (AvgIpc) is 2.37. The highest BCUT2D eigenvalue weighted by Crippen LogP contribution is 2.45. The third-order valence-corrected chi connectivity index (χ3v) is 4.47. The molecule has 0 spiro atoms. The van der Waals surface area contributed by atoms with E-state index in [1.165, 1.54) is 7.11 Å². The predicted octanol–water partition coefficient (Wildman–Crippen LogP) is 2.25. The Morgan fingerprint density at radius 2 is 2.17 bits per heavy atom. The van der Waals surface area contributed by atoms with Crippen LogP contribution in [0.5, 0.6) is 0 Å². The number of nitrogens with two attached hydrogens (primary N) is 1. The third kappa shape index (κ3) is 3.23. The molecular weight excluding hydrogens is 230 g/mol. The first-order valence-electron chi connectivity index (χ1n) is 6.88. The monoisotopic (exact) mass is 257 g/mol. The van der Waals surface area contributed by atoms with E-state index in [0.717, 1.165) is 25.7 Å². The number of hydrogen-bond acceptors (Lipinski definition) is 4. The number of methoxy groups -OCH3 is 1. The van der Waals surface area contributed by atoms with Crippen LogP contribution in [0.3, 0.4) is 0 Å². The van der Waals surface area contributed by atoms with Crippen molar-refractivity contribution in [1.82, 2.24) is 0 Å². The van der Waals surface area contributed by atoms with E-state index in [0.29, 0.717) is 13.0 Å². The van der Waals surface area contributed by atoms with Gasteiger partial charge in [0.1, 0.15) is 0 Å². The Balaban J connectivity index is 2.93. The molecule has 0 aromatic carbocycles. The molecule has 0 bridgehead atoms. The quantitative estimate of drug-likeness (QED) is 0.767. The number of ether oxygens (including phenoxy) is 2. The van der Waals surface area contributed by atoms with Crippen LogP contribution in [0.4, 0.5) is 0 Å². The van der Waals surface area contributed by atoms with Crippen molar-refractivity contribution < 1.29 is 14.3 Å². The zero-order chi connectivity index (χ0) is 13.8. The summed E-state index contributed by atoms with van der Waals surface area (Å²) in [5.74, 6) is -0.167. The van der Waals surface area contributed by atoms with Gasteiger partial charge in [-0.1, -0.05) is 13.8 Å². The highest BCUT2D eigenvalue weighted by molar-refractivity contribution is 5.70. The number of rotatable bonds is 5. The van der Waals surface area contributed by atoms with E-state index in [1.807, 2.05) is 0 Å². The molecule has 0 aliphatic carbocycles. The van der Waals surface area contributed by atoms with Crippen LogP contribution < -0.4 is 5.73 Å². The Bertz CT molecular complexity index is 295. The number of hydrogen-bond donors (Lipinski definition) is 1. The molecule has 1 aliphatic rings. The van der Waals surface area contributed by atoms with Gasteiger partial charge in [0.2, 0.25) is 0 Å². The molecule has 4 nitrogen and oxygen atoms in total. The molecule has 3 atom stereocenters. The highest BCUT2D eigenvalue weighted by atomic mass is 16.5. The van der Waals surface area contributed by atoms with Gasteiger partial charge in [-0.05, 0) is 32.6 Å². The second-order valence-electron chi connectivity index (χ2n) is 5.71. The summed E-state index contributed by atoms with van der Waals surface area (Å²) in [5, 5.41) is 0. The van der Waals surface area contributed by atoms with Crippen LogP contribution in [0, 0.1) is 5.41 Å². The van der Waals surface area contributed by atoms with Crippen molar-refractivity contribution in [2.75, 3.05) is 13.7 Å². The van der Waals surface area contributed by atoms with Crippen molar-refractivity contribution >= 4 is 5.97 Å². The molecular formula is C14H27NO3. The van der Waals surface area contributed by atoms with E-state index in [2.05, 4.69) is 20.8 Å². The summed E-state index contributed by atoms with van der Waals surface area (Å²) >= 11 is 0. The topological polar surface area (TPSA) is 61.6 Å². The lowest BCUT2D eigenvalue weighted by atomic mass is 9.65. The Morgan fingerprint density at radius 3 is 2.67 bits per heavy atom. The molecule has 106 valence electrons. The Labute approximate surface area is 110 Å². The predicted molar refractivity (Wildman–Crippen MR) is 71.2 cm³/mol. The van der Waals surface area contributed by atoms with E-state index >= 15 is 0 Å². The number of esters is 1. The van der Waals surface area contributed by atoms with Crippen molar-refractivity contribution in [3.05, 3.63) is 0 Å². The largest absolute Gasteiger partial charge is 0.469 e. The summed E-state index contributed by atoms with van der Waals surface area (Å²) in [5.41, 5.74) is 5.95. The van der Waals surface area contributed by atoms with Crippen molar-refractivity contribution in [2.45, 2.75) is 64.5 Å². The molecule has 1 fully saturated rings. The van der Waals surface area contributed by atoms with Gasteiger partial charge in [0.25, 0.3) is 0 Å². The van der Waals surface area contributed by atoms with E-state index < -0.39 is 0 Å². The molecule has 0 amide bonds. The summed E-state index contributed by atoms with van der Waals surface area (Å²) < 4.78 is 10.7. The minimum Gasteiger partial charge on any atom is -0.469 e. The first kappa shape index (κ1) is 15.4. The van der Waals surface area contributed by atoms with Crippen LogP contribution in [0.25, 0.3) is 0 Å². The summed E-state index contributed by atoms with van der Waals surface area (Å²) in [7, 11) is 1.44. The summed E-state index contributed by atoms with van der Waals surface area (Å²) in [6.45, 7) is 6.98. The van der Waals surface area contributed by atoms with Crippen LogP contribution >= 0.6 is 0 Å².